The summed E-state index contributed by atoms with van der Waals surface area (Å²) in [4.78, 5) is -0.147. The molecule has 7 heteroatoms. The molecule has 4 nitrogen and oxygen atoms in total. The Labute approximate surface area is 127 Å². The van der Waals surface area contributed by atoms with Crippen LogP contribution in [-0.4, -0.2) is 15.5 Å². The smallest absolute Gasteiger partial charge is 0.264 e. The minimum atomic E-state index is -3.87. The van der Waals surface area contributed by atoms with E-state index in [2.05, 4.69) is 4.72 Å². The van der Waals surface area contributed by atoms with Crippen molar-refractivity contribution in [3.8, 4) is 5.75 Å². The van der Waals surface area contributed by atoms with Crippen LogP contribution in [0, 0.1) is 0 Å². The average Bonchev–Trinajstić information content (AvgIpc) is 2.37. The normalized spacial score (nSPS) is 11.2. The number of hydrogen-bond donors (Lipinski definition) is 1. The molecule has 0 aromatic heterocycles. The third kappa shape index (κ3) is 3.17. The number of ether oxygens (including phenoxy) is 1. The van der Waals surface area contributed by atoms with E-state index in [4.69, 9.17) is 27.9 Å². The second-order valence-electron chi connectivity index (χ2n) is 3.89. The third-order valence-electron chi connectivity index (χ3n) is 2.51. The van der Waals surface area contributed by atoms with E-state index in [0.29, 0.717) is 11.4 Å². The van der Waals surface area contributed by atoms with Gasteiger partial charge in [-0.15, -0.1) is 0 Å². The standard InChI is InChI=1S/C13H11Cl2NO3S/c1-19-10-5-2-4-9(8-10)16-20(17,18)13-11(14)6-3-7-12(13)15/h2-8,16H,1H3. The number of hydrogen-bond acceptors (Lipinski definition) is 3. The first-order valence-corrected chi connectivity index (χ1v) is 7.79. The molecule has 106 valence electrons. The van der Waals surface area contributed by atoms with Gasteiger partial charge in [0.05, 0.1) is 22.8 Å². The summed E-state index contributed by atoms with van der Waals surface area (Å²) in [6.07, 6.45) is 0. The fourth-order valence-corrected chi connectivity index (χ4v) is 3.83. The van der Waals surface area contributed by atoms with Crippen molar-refractivity contribution in [2.75, 3.05) is 11.8 Å². The molecule has 0 saturated carbocycles. The van der Waals surface area contributed by atoms with Crippen molar-refractivity contribution < 1.29 is 13.2 Å². The second-order valence-corrected chi connectivity index (χ2v) is 6.32. The van der Waals surface area contributed by atoms with Gasteiger partial charge in [-0.3, -0.25) is 4.72 Å². The molecule has 0 fully saturated rings. The van der Waals surface area contributed by atoms with Crippen molar-refractivity contribution in [3.63, 3.8) is 0 Å². The monoisotopic (exact) mass is 331 g/mol. The fourth-order valence-electron chi connectivity index (χ4n) is 1.63. The summed E-state index contributed by atoms with van der Waals surface area (Å²) in [7, 11) is -2.37. The van der Waals surface area contributed by atoms with Gasteiger partial charge in [-0.2, -0.15) is 0 Å². The SMILES string of the molecule is COc1cccc(NS(=O)(=O)c2c(Cl)cccc2Cl)c1. The Morgan fingerprint density at radius 2 is 1.65 bits per heavy atom. The zero-order chi connectivity index (χ0) is 14.8. The molecule has 0 aliphatic carbocycles. The lowest BCUT2D eigenvalue weighted by atomic mass is 10.3. The summed E-state index contributed by atoms with van der Waals surface area (Å²) in [5.74, 6) is 0.537. The largest absolute Gasteiger partial charge is 0.497 e. The van der Waals surface area contributed by atoms with Gasteiger partial charge in [0.1, 0.15) is 10.6 Å². The Morgan fingerprint density at radius 1 is 1.05 bits per heavy atom. The third-order valence-corrected chi connectivity index (χ3v) is 4.85. The van der Waals surface area contributed by atoms with E-state index in [9.17, 15) is 8.42 Å². The lowest BCUT2D eigenvalue weighted by Crippen LogP contribution is -2.14. The Hall–Kier alpha value is -1.43. The lowest BCUT2D eigenvalue weighted by Gasteiger charge is -2.11. The van der Waals surface area contributed by atoms with Crippen LogP contribution < -0.4 is 9.46 Å². The summed E-state index contributed by atoms with van der Waals surface area (Å²) >= 11 is 11.8. The van der Waals surface area contributed by atoms with E-state index in [1.807, 2.05) is 0 Å². The molecule has 0 radical (unpaired) electrons. The van der Waals surface area contributed by atoms with Gasteiger partial charge in [-0.1, -0.05) is 35.3 Å². The van der Waals surface area contributed by atoms with Crippen LogP contribution in [0.3, 0.4) is 0 Å². The Bertz CT molecular complexity index is 712. The zero-order valence-corrected chi connectivity index (χ0v) is 12.8. The molecular weight excluding hydrogens is 321 g/mol. The minimum Gasteiger partial charge on any atom is -0.497 e. The van der Waals surface area contributed by atoms with E-state index in [1.54, 1.807) is 30.3 Å². The molecule has 1 N–H and O–H groups in total. The summed E-state index contributed by atoms with van der Waals surface area (Å²) < 4.78 is 32.1. The second kappa shape index (κ2) is 5.91. The maximum absolute atomic E-state index is 12.3. The van der Waals surface area contributed by atoms with Crippen molar-refractivity contribution >= 4 is 38.9 Å². The van der Waals surface area contributed by atoms with Gasteiger partial charge in [0.15, 0.2) is 0 Å². The van der Waals surface area contributed by atoms with Gasteiger partial charge in [0.25, 0.3) is 10.0 Å². The van der Waals surface area contributed by atoms with Crippen molar-refractivity contribution in [1.29, 1.82) is 0 Å². The number of halogens is 2. The first kappa shape index (κ1) is 15.0. The molecule has 0 spiro atoms. The highest BCUT2D eigenvalue weighted by atomic mass is 35.5. The lowest BCUT2D eigenvalue weighted by molar-refractivity contribution is 0.415. The highest BCUT2D eigenvalue weighted by molar-refractivity contribution is 7.93. The maximum Gasteiger partial charge on any atom is 0.264 e. The molecular formula is C13H11Cl2NO3S. The summed E-state index contributed by atoms with van der Waals surface area (Å²) in [6, 6.07) is 11.1. The van der Waals surface area contributed by atoms with Crippen molar-refractivity contribution in [2.24, 2.45) is 0 Å². The molecule has 2 aromatic rings. The van der Waals surface area contributed by atoms with E-state index in [-0.39, 0.29) is 14.9 Å². The van der Waals surface area contributed by atoms with Crippen LogP contribution in [0.2, 0.25) is 10.0 Å². The predicted molar refractivity (Wildman–Crippen MR) is 80.3 cm³/mol. The van der Waals surface area contributed by atoms with Gasteiger partial charge in [0.2, 0.25) is 0 Å². The van der Waals surface area contributed by atoms with Crippen molar-refractivity contribution in [2.45, 2.75) is 4.90 Å². The topological polar surface area (TPSA) is 55.4 Å². The van der Waals surface area contributed by atoms with Crippen LogP contribution >= 0.6 is 23.2 Å². The molecule has 0 unspecified atom stereocenters. The van der Waals surface area contributed by atoms with Crippen LogP contribution in [-0.2, 0) is 10.0 Å². The predicted octanol–water partition coefficient (Wildman–Crippen LogP) is 3.80. The van der Waals surface area contributed by atoms with Gasteiger partial charge in [-0.05, 0) is 24.3 Å². The van der Waals surface area contributed by atoms with Gasteiger partial charge >= 0.3 is 0 Å². The average molecular weight is 332 g/mol. The van der Waals surface area contributed by atoms with Crippen molar-refractivity contribution in [3.05, 3.63) is 52.5 Å². The van der Waals surface area contributed by atoms with Gasteiger partial charge in [0, 0.05) is 6.07 Å². The number of methoxy groups -OCH3 is 1. The molecule has 20 heavy (non-hydrogen) atoms. The van der Waals surface area contributed by atoms with Crippen LogP contribution in [0.4, 0.5) is 5.69 Å². The van der Waals surface area contributed by atoms with Crippen LogP contribution in [0.25, 0.3) is 0 Å². The molecule has 2 aromatic carbocycles. The minimum absolute atomic E-state index is 0.0629. The molecule has 0 saturated heterocycles. The maximum atomic E-state index is 12.3. The number of anilines is 1. The summed E-state index contributed by atoms with van der Waals surface area (Å²) in [5, 5.41) is 0.126. The van der Waals surface area contributed by atoms with Gasteiger partial charge < -0.3 is 4.74 Å². The highest BCUT2D eigenvalue weighted by Crippen LogP contribution is 2.30. The van der Waals surface area contributed by atoms with Crippen LogP contribution in [0.15, 0.2) is 47.4 Å². The molecule has 0 aliphatic rings. The molecule has 2 rings (SSSR count). The van der Waals surface area contributed by atoms with E-state index >= 15 is 0 Å². The number of rotatable bonds is 4. The zero-order valence-electron chi connectivity index (χ0n) is 10.4. The first-order valence-electron chi connectivity index (χ1n) is 5.55. The summed E-state index contributed by atoms with van der Waals surface area (Å²) in [6.45, 7) is 0. The molecule has 0 aliphatic heterocycles. The van der Waals surface area contributed by atoms with E-state index in [0.717, 1.165) is 0 Å². The first-order chi connectivity index (χ1) is 9.44. The van der Waals surface area contributed by atoms with Crippen LogP contribution in [0.1, 0.15) is 0 Å². The molecule has 0 heterocycles. The molecule has 0 bridgehead atoms. The molecule has 0 amide bonds. The summed E-state index contributed by atoms with van der Waals surface area (Å²) in [5.41, 5.74) is 0.361. The number of sulfonamides is 1. The van der Waals surface area contributed by atoms with Crippen molar-refractivity contribution in [1.82, 2.24) is 0 Å². The Morgan fingerprint density at radius 3 is 2.25 bits per heavy atom. The number of nitrogens with one attached hydrogen (secondary N) is 1. The van der Waals surface area contributed by atoms with Gasteiger partial charge in [-0.25, -0.2) is 8.42 Å². The fraction of sp³-hybridized carbons (Fsp3) is 0.0769. The van der Waals surface area contributed by atoms with E-state index in [1.165, 1.54) is 19.2 Å². The quantitative estimate of drug-likeness (QED) is 0.926. The van der Waals surface area contributed by atoms with Crippen LogP contribution in [0.5, 0.6) is 5.75 Å². The highest BCUT2D eigenvalue weighted by Gasteiger charge is 2.21. The number of benzene rings is 2. The Balaban J connectivity index is 2.41. The molecule has 0 atom stereocenters. The van der Waals surface area contributed by atoms with E-state index < -0.39 is 10.0 Å². The Kier molecular flexibility index (Phi) is 4.42.